The van der Waals surface area contributed by atoms with Gasteiger partial charge in [-0.2, -0.15) is 13.2 Å². The summed E-state index contributed by atoms with van der Waals surface area (Å²) in [7, 11) is 0. The van der Waals surface area contributed by atoms with Crippen molar-refractivity contribution in [1.82, 2.24) is 0 Å². The quantitative estimate of drug-likeness (QED) is 0.565. The Morgan fingerprint density at radius 2 is 1.31 bits per heavy atom. The molecule has 0 bridgehead atoms. The second kappa shape index (κ2) is 8.20. The summed E-state index contributed by atoms with van der Waals surface area (Å²) in [5.74, 6) is 0. The molecule has 0 spiro atoms. The highest BCUT2D eigenvalue weighted by Crippen LogP contribution is 2.32. The van der Waals surface area contributed by atoms with Crippen molar-refractivity contribution in [3.8, 4) is 0 Å². The molecule has 0 N–H and O–H groups in total. The maximum absolute atomic E-state index is 12.2. The molecule has 0 aliphatic carbocycles. The normalized spacial score (nSPS) is 9.56. The zero-order valence-corrected chi connectivity index (χ0v) is 10.9. The van der Waals surface area contributed by atoms with Gasteiger partial charge in [-0.15, -0.1) is 0 Å². The topological polar surface area (TPSA) is 0 Å². The van der Waals surface area contributed by atoms with E-state index < -0.39 is 11.7 Å². The molecule has 0 aliphatic rings. The fourth-order valence-electron chi connectivity index (χ4n) is 1.06. The largest absolute Gasteiger partial charge is 0.416 e. The van der Waals surface area contributed by atoms with Gasteiger partial charge in [0.1, 0.15) is 0 Å². The van der Waals surface area contributed by atoms with Crippen molar-refractivity contribution in [2.45, 2.75) is 47.7 Å². The molecule has 0 saturated heterocycles. The number of alkyl halides is 3. The lowest BCUT2D eigenvalue weighted by Crippen LogP contribution is -2.07. The van der Waals surface area contributed by atoms with Gasteiger partial charge in [0.15, 0.2) is 0 Å². The third-order valence-corrected chi connectivity index (χ3v) is 1.91. The molecule has 0 aromatic heterocycles. The van der Waals surface area contributed by atoms with Gasteiger partial charge in [0.25, 0.3) is 0 Å². The SMILES string of the molecule is CC.CC.Cc1cccc(C(F)(F)F)c1C. The molecule has 0 radical (unpaired) electrons. The molecular formula is C13H21F3. The predicted molar refractivity (Wildman–Crippen MR) is 63.6 cm³/mol. The van der Waals surface area contributed by atoms with Crippen molar-refractivity contribution >= 4 is 0 Å². The highest BCUT2D eigenvalue weighted by Gasteiger charge is 2.32. The maximum Gasteiger partial charge on any atom is 0.416 e. The van der Waals surface area contributed by atoms with Gasteiger partial charge in [0.05, 0.1) is 5.56 Å². The fourth-order valence-corrected chi connectivity index (χ4v) is 1.06. The molecule has 0 fully saturated rings. The monoisotopic (exact) mass is 234 g/mol. The fraction of sp³-hybridized carbons (Fsp3) is 0.538. The summed E-state index contributed by atoms with van der Waals surface area (Å²) in [6.07, 6.45) is -4.23. The summed E-state index contributed by atoms with van der Waals surface area (Å²) < 4.78 is 36.7. The number of halogens is 3. The molecule has 0 aliphatic heterocycles. The van der Waals surface area contributed by atoms with E-state index in [4.69, 9.17) is 0 Å². The van der Waals surface area contributed by atoms with Crippen LogP contribution in [0.4, 0.5) is 13.2 Å². The van der Waals surface area contributed by atoms with Crippen LogP contribution in [0, 0.1) is 13.8 Å². The van der Waals surface area contributed by atoms with Crippen LogP contribution >= 0.6 is 0 Å². The van der Waals surface area contributed by atoms with Crippen molar-refractivity contribution in [3.05, 3.63) is 34.9 Å². The lowest BCUT2D eigenvalue weighted by atomic mass is 10.0. The van der Waals surface area contributed by atoms with Gasteiger partial charge in [-0.1, -0.05) is 39.8 Å². The van der Waals surface area contributed by atoms with Gasteiger partial charge in [-0.3, -0.25) is 0 Å². The summed E-state index contributed by atoms with van der Waals surface area (Å²) in [6.45, 7) is 11.2. The van der Waals surface area contributed by atoms with Gasteiger partial charge in [0, 0.05) is 0 Å². The van der Waals surface area contributed by atoms with E-state index in [1.807, 2.05) is 27.7 Å². The molecule has 0 heterocycles. The Morgan fingerprint density at radius 1 is 0.875 bits per heavy atom. The Bertz CT molecular complexity index is 288. The van der Waals surface area contributed by atoms with Gasteiger partial charge >= 0.3 is 6.18 Å². The van der Waals surface area contributed by atoms with Crippen molar-refractivity contribution in [1.29, 1.82) is 0 Å². The van der Waals surface area contributed by atoms with E-state index >= 15 is 0 Å². The second-order valence-corrected chi connectivity index (χ2v) is 2.75. The maximum atomic E-state index is 12.2. The lowest BCUT2D eigenvalue weighted by molar-refractivity contribution is -0.138. The Kier molecular flexibility index (Phi) is 8.92. The number of rotatable bonds is 0. The average Bonchev–Trinajstić information content (AvgIpc) is 2.26. The Balaban J connectivity index is 0. The highest BCUT2D eigenvalue weighted by molar-refractivity contribution is 5.34. The number of benzene rings is 1. The van der Waals surface area contributed by atoms with Crippen LogP contribution in [0.25, 0.3) is 0 Å². The predicted octanol–water partition coefficient (Wildman–Crippen LogP) is 5.37. The van der Waals surface area contributed by atoms with Crippen LogP contribution in [0.1, 0.15) is 44.4 Å². The van der Waals surface area contributed by atoms with Crippen molar-refractivity contribution in [2.75, 3.05) is 0 Å². The van der Waals surface area contributed by atoms with E-state index in [9.17, 15) is 13.2 Å². The van der Waals surface area contributed by atoms with Crippen molar-refractivity contribution in [2.24, 2.45) is 0 Å². The molecule has 94 valence electrons. The zero-order chi connectivity index (χ0) is 13.4. The third kappa shape index (κ3) is 5.19. The molecule has 16 heavy (non-hydrogen) atoms. The van der Waals surface area contributed by atoms with Gasteiger partial charge < -0.3 is 0 Å². The molecule has 3 heteroatoms. The zero-order valence-electron chi connectivity index (χ0n) is 10.9. The first kappa shape index (κ1) is 17.4. The van der Waals surface area contributed by atoms with Crippen LogP contribution in [-0.2, 0) is 6.18 Å². The summed E-state index contributed by atoms with van der Waals surface area (Å²) in [5, 5.41) is 0. The lowest BCUT2D eigenvalue weighted by Gasteiger charge is -2.11. The molecule has 1 rings (SSSR count). The van der Waals surface area contributed by atoms with Crippen LogP contribution in [0.2, 0.25) is 0 Å². The van der Waals surface area contributed by atoms with Crippen LogP contribution in [-0.4, -0.2) is 0 Å². The van der Waals surface area contributed by atoms with E-state index in [1.54, 1.807) is 13.0 Å². The molecule has 0 amide bonds. The van der Waals surface area contributed by atoms with E-state index in [0.717, 1.165) is 6.07 Å². The number of aryl methyl sites for hydroxylation is 1. The van der Waals surface area contributed by atoms with Crippen LogP contribution < -0.4 is 0 Å². The van der Waals surface area contributed by atoms with Crippen LogP contribution in [0.3, 0.4) is 0 Å². The number of hydrogen-bond acceptors (Lipinski definition) is 0. The minimum atomic E-state index is -4.23. The summed E-state index contributed by atoms with van der Waals surface area (Å²) >= 11 is 0. The van der Waals surface area contributed by atoms with Gasteiger partial charge in [-0.05, 0) is 31.0 Å². The summed E-state index contributed by atoms with van der Waals surface area (Å²) in [6, 6.07) is 4.19. The van der Waals surface area contributed by atoms with Crippen LogP contribution in [0.15, 0.2) is 18.2 Å². The van der Waals surface area contributed by atoms with E-state index in [0.29, 0.717) is 11.1 Å². The smallest absolute Gasteiger partial charge is 0.166 e. The Morgan fingerprint density at radius 3 is 1.62 bits per heavy atom. The van der Waals surface area contributed by atoms with E-state index in [-0.39, 0.29) is 0 Å². The third-order valence-electron chi connectivity index (χ3n) is 1.91. The van der Waals surface area contributed by atoms with Gasteiger partial charge in [0.2, 0.25) is 0 Å². The molecule has 0 saturated carbocycles. The van der Waals surface area contributed by atoms with Crippen LogP contribution in [0.5, 0.6) is 0 Å². The molecule has 1 aromatic rings. The Labute approximate surface area is 96.5 Å². The molecule has 0 atom stereocenters. The Hall–Kier alpha value is -0.990. The minimum Gasteiger partial charge on any atom is -0.166 e. The second-order valence-electron chi connectivity index (χ2n) is 2.75. The average molecular weight is 234 g/mol. The van der Waals surface area contributed by atoms with Crippen molar-refractivity contribution < 1.29 is 13.2 Å². The minimum absolute atomic E-state index is 0.310. The highest BCUT2D eigenvalue weighted by atomic mass is 19.4. The molecule has 1 aromatic carbocycles. The number of hydrogen-bond donors (Lipinski definition) is 0. The molecule has 0 nitrogen and oxygen atoms in total. The summed E-state index contributed by atoms with van der Waals surface area (Å²) in [4.78, 5) is 0. The van der Waals surface area contributed by atoms with E-state index in [2.05, 4.69) is 0 Å². The summed E-state index contributed by atoms with van der Waals surface area (Å²) in [5.41, 5.74) is 0.442. The first-order valence-electron chi connectivity index (χ1n) is 5.56. The van der Waals surface area contributed by atoms with E-state index in [1.165, 1.54) is 13.0 Å². The standard InChI is InChI=1S/C9H9F3.2C2H6/c1-6-4-3-5-8(7(6)2)9(10,11)12;2*1-2/h3-5H,1-2H3;2*1-2H3. The molecule has 0 unspecified atom stereocenters. The van der Waals surface area contributed by atoms with Crippen molar-refractivity contribution in [3.63, 3.8) is 0 Å². The van der Waals surface area contributed by atoms with Gasteiger partial charge in [-0.25, -0.2) is 0 Å². The first-order valence-corrected chi connectivity index (χ1v) is 5.56. The first-order chi connectivity index (χ1) is 7.43. The molecular weight excluding hydrogens is 213 g/mol.